The minimum Gasteiger partial charge on any atom is -0.464 e. The van der Waals surface area contributed by atoms with Gasteiger partial charge in [0.1, 0.15) is 23.2 Å². The lowest BCUT2D eigenvalue weighted by Crippen LogP contribution is -2.45. The van der Waals surface area contributed by atoms with Crippen molar-refractivity contribution in [1.82, 2.24) is 9.97 Å². The zero-order chi connectivity index (χ0) is 25.1. The second kappa shape index (κ2) is 10.2. The molecule has 0 aliphatic carbocycles. The van der Waals surface area contributed by atoms with Gasteiger partial charge in [0.15, 0.2) is 0 Å². The topological polar surface area (TPSA) is 114 Å². The highest BCUT2D eigenvalue weighted by Crippen LogP contribution is 2.26. The fourth-order valence-electron chi connectivity index (χ4n) is 4.57. The zero-order valence-corrected chi connectivity index (χ0v) is 20.0. The first kappa shape index (κ1) is 23.5. The molecule has 36 heavy (non-hydrogen) atoms. The molecule has 2 aromatic carbocycles. The van der Waals surface area contributed by atoms with E-state index in [9.17, 15) is 14.4 Å². The van der Waals surface area contributed by atoms with Gasteiger partial charge in [-0.25, -0.2) is 9.78 Å². The molecule has 0 spiro atoms. The molecule has 2 N–H and O–H groups in total. The molecule has 2 aromatic heterocycles. The van der Waals surface area contributed by atoms with Gasteiger partial charge in [0, 0.05) is 49.2 Å². The van der Waals surface area contributed by atoms with E-state index in [-0.39, 0.29) is 12.3 Å². The van der Waals surface area contributed by atoms with Crippen molar-refractivity contribution in [2.24, 2.45) is 0 Å². The number of hydrogen-bond donors (Lipinski definition) is 2. The number of anilines is 4. The molecule has 1 aliphatic rings. The van der Waals surface area contributed by atoms with Gasteiger partial charge in [-0.2, -0.15) is 0 Å². The number of benzene rings is 1. The minimum atomic E-state index is -0.792. The number of carbonyl (C=O) groups excluding carboxylic acids is 1. The van der Waals surface area contributed by atoms with Crippen molar-refractivity contribution >= 4 is 39.6 Å². The summed E-state index contributed by atoms with van der Waals surface area (Å²) in [7, 11) is 0. The van der Waals surface area contributed by atoms with E-state index in [0.29, 0.717) is 17.9 Å². The maximum absolute atomic E-state index is 12.7. The molecule has 0 radical (unpaired) electrons. The summed E-state index contributed by atoms with van der Waals surface area (Å²) in [5, 5.41) is 8.29. The molecular weight excluding hydrogens is 458 g/mol. The lowest BCUT2D eigenvalue weighted by molar-refractivity contribution is -0.144. The van der Waals surface area contributed by atoms with Gasteiger partial charge in [0.2, 0.25) is 0 Å². The van der Waals surface area contributed by atoms with Crippen LogP contribution in [-0.4, -0.2) is 41.7 Å². The molecule has 1 atom stereocenters. The summed E-state index contributed by atoms with van der Waals surface area (Å²) in [6.07, 6.45) is 7.51. The molecule has 184 valence electrons. The van der Waals surface area contributed by atoms with E-state index in [2.05, 4.69) is 20.6 Å². The number of aromatic nitrogens is 2. The predicted octanol–water partition coefficient (Wildman–Crippen LogP) is 3.16. The van der Waals surface area contributed by atoms with E-state index in [1.54, 1.807) is 25.5 Å². The summed E-state index contributed by atoms with van der Waals surface area (Å²) in [4.78, 5) is 47.8. The maximum Gasteiger partial charge on any atom is 0.328 e. The van der Waals surface area contributed by atoms with E-state index in [4.69, 9.17) is 4.74 Å². The van der Waals surface area contributed by atoms with Gasteiger partial charge in [-0.3, -0.25) is 14.6 Å². The highest BCUT2D eigenvalue weighted by molar-refractivity contribution is 5.92. The monoisotopic (exact) mass is 485 g/mol. The van der Waals surface area contributed by atoms with Crippen LogP contribution in [-0.2, 0) is 16.0 Å². The van der Waals surface area contributed by atoms with Crippen LogP contribution in [0.15, 0.2) is 64.6 Å². The standard InChI is InChI=1S/C27H27N5O4/c1-2-36-27(35)21(31-22-23(25(34)24(22)33)32-13-3-4-14-32)15-17-5-7-19(8-6-17)30-26-20-16-28-11-9-18(20)10-12-29-26/h5-12,16,21,31H,2-4,13-15H2,1H3,(H,29,30)/t21-/m0/s1. The Morgan fingerprint density at radius 3 is 2.56 bits per heavy atom. The molecule has 4 aromatic rings. The summed E-state index contributed by atoms with van der Waals surface area (Å²) >= 11 is 0. The average Bonchev–Trinajstić information content (AvgIpc) is 3.43. The van der Waals surface area contributed by atoms with Crippen LogP contribution >= 0.6 is 0 Å². The molecule has 9 heteroatoms. The average molecular weight is 486 g/mol. The summed E-state index contributed by atoms with van der Waals surface area (Å²) in [6, 6.07) is 10.7. The van der Waals surface area contributed by atoms with Crippen molar-refractivity contribution < 1.29 is 9.53 Å². The maximum atomic E-state index is 12.7. The first-order chi connectivity index (χ1) is 17.5. The normalized spacial score (nSPS) is 14.2. The quantitative estimate of drug-likeness (QED) is 0.273. The summed E-state index contributed by atoms with van der Waals surface area (Å²) < 4.78 is 5.25. The van der Waals surface area contributed by atoms with Gasteiger partial charge in [-0.05, 0) is 55.0 Å². The Balaban J connectivity index is 1.33. The second-order valence-corrected chi connectivity index (χ2v) is 8.81. The van der Waals surface area contributed by atoms with Crippen LogP contribution in [0.1, 0.15) is 25.3 Å². The van der Waals surface area contributed by atoms with Gasteiger partial charge >= 0.3 is 5.97 Å². The molecule has 0 saturated carbocycles. The van der Waals surface area contributed by atoms with E-state index < -0.39 is 22.9 Å². The van der Waals surface area contributed by atoms with Gasteiger partial charge in [0.05, 0.1) is 6.61 Å². The third-order valence-electron chi connectivity index (χ3n) is 6.42. The fourth-order valence-corrected chi connectivity index (χ4v) is 4.57. The van der Waals surface area contributed by atoms with Crippen LogP contribution in [0, 0.1) is 0 Å². The number of fused-ring (bicyclic) bond motifs is 1. The lowest BCUT2D eigenvalue weighted by Gasteiger charge is -2.25. The number of hydrogen-bond acceptors (Lipinski definition) is 9. The minimum absolute atomic E-state index is 0.217. The van der Waals surface area contributed by atoms with E-state index in [1.165, 1.54) is 0 Å². The summed E-state index contributed by atoms with van der Waals surface area (Å²) in [5.41, 5.74) is 1.25. The Morgan fingerprint density at radius 1 is 1.06 bits per heavy atom. The van der Waals surface area contributed by atoms with Crippen molar-refractivity contribution in [3.05, 3.63) is 81.0 Å². The molecule has 1 saturated heterocycles. The molecular formula is C27H27N5O4. The van der Waals surface area contributed by atoms with Crippen LogP contribution in [0.25, 0.3) is 10.8 Å². The largest absolute Gasteiger partial charge is 0.464 e. The molecule has 0 bridgehead atoms. The third kappa shape index (κ3) is 4.64. The molecule has 1 fully saturated rings. The van der Waals surface area contributed by atoms with Crippen molar-refractivity contribution in [3.63, 3.8) is 0 Å². The van der Waals surface area contributed by atoms with Gasteiger partial charge in [-0.15, -0.1) is 0 Å². The first-order valence-corrected chi connectivity index (χ1v) is 12.1. The molecule has 0 unspecified atom stereocenters. The van der Waals surface area contributed by atoms with E-state index >= 15 is 0 Å². The van der Waals surface area contributed by atoms with Crippen molar-refractivity contribution in [2.75, 3.05) is 35.2 Å². The smallest absolute Gasteiger partial charge is 0.328 e. The Morgan fingerprint density at radius 2 is 1.81 bits per heavy atom. The number of nitrogens with zero attached hydrogens (tertiary/aromatic N) is 3. The summed E-state index contributed by atoms with van der Waals surface area (Å²) in [5.74, 6) is 0.238. The highest BCUT2D eigenvalue weighted by atomic mass is 16.5. The van der Waals surface area contributed by atoms with Crippen molar-refractivity contribution in [3.8, 4) is 0 Å². The van der Waals surface area contributed by atoms with Gasteiger partial charge in [-0.1, -0.05) is 12.1 Å². The summed E-state index contributed by atoms with van der Waals surface area (Å²) in [6.45, 7) is 3.43. The van der Waals surface area contributed by atoms with Crippen molar-refractivity contribution in [1.29, 1.82) is 0 Å². The molecule has 1 aliphatic heterocycles. The second-order valence-electron chi connectivity index (χ2n) is 8.81. The van der Waals surface area contributed by atoms with Gasteiger partial charge in [0.25, 0.3) is 10.9 Å². The number of esters is 1. The van der Waals surface area contributed by atoms with Crippen molar-refractivity contribution in [2.45, 2.75) is 32.2 Å². The zero-order valence-electron chi connectivity index (χ0n) is 20.0. The number of carbonyl (C=O) groups is 1. The predicted molar refractivity (Wildman–Crippen MR) is 140 cm³/mol. The number of rotatable bonds is 9. The van der Waals surface area contributed by atoms with Crippen LogP contribution in [0.3, 0.4) is 0 Å². The molecule has 3 heterocycles. The Hall–Kier alpha value is -4.27. The molecule has 9 nitrogen and oxygen atoms in total. The Bertz CT molecular complexity index is 1450. The highest BCUT2D eigenvalue weighted by Gasteiger charge is 2.31. The number of ether oxygens (including phenoxy) is 1. The number of nitrogens with one attached hydrogen (secondary N) is 2. The van der Waals surface area contributed by atoms with E-state index in [0.717, 1.165) is 48.0 Å². The lowest BCUT2D eigenvalue weighted by atomic mass is 10.0. The third-order valence-corrected chi connectivity index (χ3v) is 6.42. The van der Waals surface area contributed by atoms with Crippen LogP contribution in [0.4, 0.5) is 22.9 Å². The van der Waals surface area contributed by atoms with E-state index in [1.807, 2.05) is 41.3 Å². The number of pyridine rings is 2. The van der Waals surface area contributed by atoms with Crippen LogP contribution < -0.4 is 26.4 Å². The van der Waals surface area contributed by atoms with Crippen LogP contribution in [0.2, 0.25) is 0 Å². The fraction of sp³-hybridized carbons (Fsp3) is 0.296. The first-order valence-electron chi connectivity index (χ1n) is 12.1. The Labute approximate surface area is 207 Å². The Kier molecular flexibility index (Phi) is 6.62. The SMILES string of the molecule is CCOC(=O)[C@H](Cc1ccc(Nc2nccc3ccncc23)cc1)Nc1c(N2CCCC2)c(=O)c1=O. The molecule has 0 amide bonds. The van der Waals surface area contributed by atoms with Crippen LogP contribution in [0.5, 0.6) is 0 Å². The molecule has 5 rings (SSSR count). The van der Waals surface area contributed by atoms with Gasteiger partial charge < -0.3 is 20.3 Å².